The lowest BCUT2D eigenvalue weighted by molar-refractivity contribution is 0.0505. The van der Waals surface area contributed by atoms with Crippen LogP contribution in [0.1, 0.15) is 26.3 Å². The van der Waals surface area contributed by atoms with Crippen LogP contribution in [-0.4, -0.2) is 51.1 Å². The van der Waals surface area contributed by atoms with Crippen LogP contribution in [0.3, 0.4) is 0 Å². The molecule has 0 unspecified atom stereocenters. The molecule has 0 saturated carbocycles. The van der Waals surface area contributed by atoms with Gasteiger partial charge in [-0.1, -0.05) is 30.3 Å². The number of benzene rings is 1. The molecule has 24 heavy (non-hydrogen) atoms. The number of ether oxygens (including phenoxy) is 1. The molecule has 0 radical (unpaired) electrons. The molecule has 1 aromatic rings. The molecule has 7 nitrogen and oxygen atoms in total. The third-order valence-corrected chi connectivity index (χ3v) is 4.53. The Hall–Kier alpha value is -1.64. The van der Waals surface area contributed by atoms with Crippen LogP contribution in [0.2, 0.25) is 0 Å². The largest absolute Gasteiger partial charge is 0.444 e. The monoisotopic (exact) mass is 357 g/mol. The molecule has 0 bridgehead atoms. The van der Waals surface area contributed by atoms with Crippen molar-refractivity contribution < 1.29 is 17.9 Å². The van der Waals surface area contributed by atoms with Crippen LogP contribution in [-0.2, 0) is 21.4 Å². The van der Waals surface area contributed by atoms with Gasteiger partial charge in [-0.25, -0.2) is 9.52 Å². The number of amides is 1. The Morgan fingerprint density at radius 3 is 2.29 bits per heavy atom. The number of carbonyl (C=O) groups excluding carboxylic acids is 1. The van der Waals surface area contributed by atoms with E-state index in [0.717, 1.165) is 9.87 Å². The summed E-state index contributed by atoms with van der Waals surface area (Å²) in [4.78, 5) is 12.0. The maximum atomic E-state index is 12.0. The second kappa shape index (κ2) is 8.46. The van der Waals surface area contributed by atoms with E-state index < -0.39 is 27.9 Å². The minimum absolute atomic E-state index is 0.0641. The van der Waals surface area contributed by atoms with E-state index in [9.17, 15) is 13.2 Å². The Labute approximate surface area is 144 Å². The molecule has 0 aliphatic heterocycles. The molecule has 2 N–H and O–H groups in total. The molecule has 0 aliphatic carbocycles. The van der Waals surface area contributed by atoms with Crippen LogP contribution >= 0.6 is 0 Å². The standard InChI is InChI=1S/C16H27N3O4S/c1-16(2,3)23-15(20)18-14(11-13-9-7-6-8-10-13)12-17-24(21,22)19(4)5/h6-10,14,17H,11-12H2,1-5H3,(H,18,20)/t14-/m0/s1. The lowest BCUT2D eigenvalue weighted by Gasteiger charge is -2.24. The van der Waals surface area contributed by atoms with Crippen molar-refractivity contribution >= 4 is 16.3 Å². The van der Waals surface area contributed by atoms with E-state index in [-0.39, 0.29) is 6.54 Å². The smallest absolute Gasteiger partial charge is 0.407 e. The van der Waals surface area contributed by atoms with Crippen molar-refractivity contribution in [3.8, 4) is 0 Å². The van der Waals surface area contributed by atoms with Gasteiger partial charge in [-0.2, -0.15) is 12.7 Å². The van der Waals surface area contributed by atoms with Crippen molar-refractivity contribution in [2.45, 2.75) is 38.8 Å². The summed E-state index contributed by atoms with van der Waals surface area (Å²) in [6.07, 6.45) is -0.0942. The van der Waals surface area contributed by atoms with Gasteiger partial charge in [0.1, 0.15) is 5.60 Å². The summed E-state index contributed by atoms with van der Waals surface area (Å²) in [5, 5.41) is 2.73. The highest BCUT2D eigenvalue weighted by Gasteiger charge is 2.22. The fourth-order valence-corrected chi connectivity index (χ4v) is 2.55. The van der Waals surface area contributed by atoms with Crippen molar-refractivity contribution in [3.63, 3.8) is 0 Å². The number of alkyl carbamates (subject to hydrolysis) is 1. The first-order chi connectivity index (χ1) is 11.0. The second-order valence-corrected chi connectivity index (χ2v) is 8.64. The number of nitrogens with zero attached hydrogens (tertiary/aromatic N) is 1. The number of hydrogen-bond acceptors (Lipinski definition) is 4. The summed E-state index contributed by atoms with van der Waals surface area (Å²) in [5.74, 6) is 0. The van der Waals surface area contributed by atoms with Crippen LogP contribution in [0.4, 0.5) is 4.79 Å². The predicted octanol–water partition coefficient (Wildman–Crippen LogP) is 1.52. The van der Waals surface area contributed by atoms with Gasteiger partial charge in [0.2, 0.25) is 0 Å². The van der Waals surface area contributed by atoms with Crippen molar-refractivity contribution in [1.82, 2.24) is 14.3 Å². The minimum Gasteiger partial charge on any atom is -0.444 e. The molecule has 0 heterocycles. The van der Waals surface area contributed by atoms with E-state index in [2.05, 4.69) is 10.0 Å². The predicted molar refractivity (Wildman–Crippen MR) is 93.9 cm³/mol. The van der Waals surface area contributed by atoms with Gasteiger partial charge in [-0.05, 0) is 32.8 Å². The highest BCUT2D eigenvalue weighted by Crippen LogP contribution is 2.08. The van der Waals surface area contributed by atoms with Crippen molar-refractivity contribution in [3.05, 3.63) is 35.9 Å². The molecular formula is C16H27N3O4S. The number of nitrogens with one attached hydrogen (secondary N) is 2. The van der Waals surface area contributed by atoms with Crippen molar-refractivity contribution in [2.75, 3.05) is 20.6 Å². The van der Waals surface area contributed by atoms with E-state index in [4.69, 9.17) is 4.74 Å². The first-order valence-corrected chi connectivity index (χ1v) is 9.14. The first-order valence-electron chi connectivity index (χ1n) is 7.70. The van der Waals surface area contributed by atoms with Gasteiger partial charge in [0.25, 0.3) is 10.2 Å². The number of carbonyl (C=O) groups is 1. The van der Waals surface area contributed by atoms with E-state index in [1.165, 1.54) is 14.1 Å². The number of hydrogen-bond donors (Lipinski definition) is 2. The maximum Gasteiger partial charge on any atom is 0.407 e. The Bertz CT molecular complexity index is 624. The molecular weight excluding hydrogens is 330 g/mol. The molecule has 0 aromatic heterocycles. The lowest BCUT2D eigenvalue weighted by Crippen LogP contribution is -2.48. The summed E-state index contributed by atoms with van der Waals surface area (Å²) in [6.45, 7) is 5.38. The highest BCUT2D eigenvalue weighted by molar-refractivity contribution is 7.87. The molecule has 1 rings (SSSR count). The van der Waals surface area contributed by atoms with Gasteiger partial charge in [-0.15, -0.1) is 0 Å². The Morgan fingerprint density at radius 1 is 1.21 bits per heavy atom. The molecule has 136 valence electrons. The molecule has 1 atom stereocenters. The summed E-state index contributed by atoms with van der Waals surface area (Å²) in [6, 6.07) is 9.09. The van der Waals surface area contributed by atoms with Crippen LogP contribution in [0.15, 0.2) is 30.3 Å². The average molecular weight is 357 g/mol. The fraction of sp³-hybridized carbons (Fsp3) is 0.562. The molecule has 0 aliphatic rings. The SMILES string of the molecule is CN(C)S(=O)(=O)NC[C@H](Cc1ccccc1)NC(=O)OC(C)(C)C. The van der Waals surface area contributed by atoms with Crippen LogP contribution in [0.25, 0.3) is 0 Å². The lowest BCUT2D eigenvalue weighted by atomic mass is 10.1. The van der Waals surface area contributed by atoms with Crippen molar-refractivity contribution in [2.24, 2.45) is 0 Å². The normalized spacial score (nSPS) is 13.6. The molecule has 0 saturated heterocycles. The second-order valence-electron chi connectivity index (χ2n) is 6.67. The Kier molecular flexibility index (Phi) is 7.19. The van der Waals surface area contributed by atoms with Crippen LogP contribution in [0.5, 0.6) is 0 Å². The zero-order valence-corrected chi connectivity index (χ0v) is 15.7. The van der Waals surface area contributed by atoms with Gasteiger partial charge in [-0.3, -0.25) is 0 Å². The zero-order chi connectivity index (χ0) is 18.4. The summed E-state index contributed by atoms with van der Waals surface area (Å²) >= 11 is 0. The molecule has 1 amide bonds. The third kappa shape index (κ3) is 7.76. The minimum atomic E-state index is -3.57. The Balaban J connectivity index is 2.77. The highest BCUT2D eigenvalue weighted by atomic mass is 32.2. The van der Waals surface area contributed by atoms with Gasteiger partial charge in [0.15, 0.2) is 0 Å². The molecule has 0 spiro atoms. The summed E-state index contributed by atoms with van der Waals surface area (Å²) in [5.41, 5.74) is 0.368. The fourth-order valence-electron chi connectivity index (χ4n) is 1.88. The van der Waals surface area contributed by atoms with Gasteiger partial charge >= 0.3 is 6.09 Å². The topological polar surface area (TPSA) is 87.7 Å². The molecule has 0 fully saturated rings. The van der Waals surface area contributed by atoms with Gasteiger partial charge < -0.3 is 10.1 Å². The maximum absolute atomic E-state index is 12.0. The van der Waals surface area contributed by atoms with Gasteiger partial charge in [0.05, 0.1) is 0 Å². The summed E-state index contributed by atoms with van der Waals surface area (Å²) < 4.78 is 32.6. The van der Waals surface area contributed by atoms with E-state index in [1.54, 1.807) is 20.8 Å². The van der Waals surface area contributed by atoms with E-state index in [1.807, 2.05) is 30.3 Å². The zero-order valence-electron chi connectivity index (χ0n) is 14.9. The molecule has 1 aromatic carbocycles. The Morgan fingerprint density at radius 2 is 1.79 bits per heavy atom. The third-order valence-electron chi connectivity index (χ3n) is 3.04. The number of rotatable bonds is 7. The first kappa shape index (κ1) is 20.4. The summed E-state index contributed by atoms with van der Waals surface area (Å²) in [7, 11) is -0.685. The average Bonchev–Trinajstić information content (AvgIpc) is 2.43. The van der Waals surface area contributed by atoms with Gasteiger partial charge in [0, 0.05) is 26.7 Å². The van der Waals surface area contributed by atoms with E-state index in [0.29, 0.717) is 6.42 Å². The quantitative estimate of drug-likeness (QED) is 0.774. The van der Waals surface area contributed by atoms with Crippen molar-refractivity contribution in [1.29, 1.82) is 0 Å². The molecule has 8 heteroatoms. The van der Waals surface area contributed by atoms with Crippen LogP contribution < -0.4 is 10.0 Å². The van der Waals surface area contributed by atoms with E-state index >= 15 is 0 Å². The van der Waals surface area contributed by atoms with Crippen LogP contribution in [0, 0.1) is 0 Å².